The second kappa shape index (κ2) is 7.59. The summed E-state index contributed by atoms with van der Waals surface area (Å²) < 4.78 is 13.9. The van der Waals surface area contributed by atoms with Gasteiger partial charge in [0.25, 0.3) is 5.91 Å². The van der Waals surface area contributed by atoms with Crippen molar-refractivity contribution in [2.75, 3.05) is 6.54 Å². The van der Waals surface area contributed by atoms with Crippen LogP contribution in [0.5, 0.6) is 0 Å². The average molecular weight is 428 g/mol. The number of benzene rings is 3. The minimum Gasteiger partial charge on any atom is -0.340 e. The maximum Gasteiger partial charge on any atom is 0.255 e. The molecule has 4 nitrogen and oxygen atoms in total. The second-order valence-electron chi connectivity index (χ2n) is 8.93. The maximum absolute atomic E-state index is 13.9. The number of hydrogen-bond acceptors (Lipinski definition) is 2. The number of halogens is 1. The Kier molecular flexibility index (Phi) is 4.85. The molecule has 1 aromatic heterocycles. The molecule has 162 valence electrons. The molecule has 1 N–H and O–H groups in total. The van der Waals surface area contributed by atoms with Crippen molar-refractivity contribution >= 4 is 16.9 Å². The summed E-state index contributed by atoms with van der Waals surface area (Å²) in [5.74, 6) is 0.438. The standard InChI is InChI=1S/C27H26FN3O/c1-17-14-23-24(15-18(17)2)30-26(29-23)27(3)12-7-13-31(27)25(32)22-11-5-4-10-21(22)19-8-6-9-20(28)16-19/h4-6,8-11,14-16H,7,12-13H2,1-3H3,(H,29,30)/t27-/m0/s1. The summed E-state index contributed by atoms with van der Waals surface area (Å²) in [6.07, 6.45) is 1.73. The zero-order valence-corrected chi connectivity index (χ0v) is 18.6. The second-order valence-corrected chi connectivity index (χ2v) is 8.93. The van der Waals surface area contributed by atoms with Gasteiger partial charge < -0.3 is 9.88 Å². The summed E-state index contributed by atoms with van der Waals surface area (Å²) in [5.41, 5.74) is 5.80. The molecule has 1 fully saturated rings. The van der Waals surface area contributed by atoms with Crippen LogP contribution < -0.4 is 0 Å². The van der Waals surface area contributed by atoms with Crippen LogP contribution >= 0.6 is 0 Å². The van der Waals surface area contributed by atoms with Crippen molar-refractivity contribution in [1.82, 2.24) is 14.9 Å². The lowest BCUT2D eigenvalue weighted by Gasteiger charge is -2.34. The molecule has 5 heteroatoms. The van der Waals surface area contributed by atoms with Gasteiger partial charge in [0.1, 0.15) is 11.6 Å². The number of nitrogens with zero attached hydrogens (tertiary/aromatic N) is 2. The summed E-state index contributed by atoms with van der Waals surface area (Å²) >= 11 is 0. The maximum atomic E-state index is 13.9. The fourth-order valence-corrected chi connectivity index (χ4v) is 4.78. The van der Waals surface area contributed by atoms with Crippen LogP contribution in [0.25, 0.3) is 22.2 Å². The summed E-state index contributed by atoms with van der Waals surface area (Å²) in [5, 5.41) is 0. The molecule has 1 aliphatic heterocycles. The number of aromatic nitrogens is 2. The number of imidazole rings is 1. The van der Waals surface area contributed by atoms with Crippen molar-refractivity contribution in [2.45, 2.75) is 39.2 Å². The van der Waals surface area contributed by atoms with E-state index in [1.54, 1.807) is 6.07 Å². The Morgan fingerprint density at radius 2 is 1.84 bits per heavy atom. The highest BCUT2D eigenvalue weighted by Gasteiger charge is 2.44. The predicted molar refractivity (Wildman–Crippen MR) is 125 cm³/mol. The number of aryl methyl sites for hydroxylation is 2. The van der Waals surface area contributed by atoms with Gasteiger partial charge in [-0.2, -0.15) is 0 Å². The van der Waals surface area contributed by atoms with Crippen LogP contribution in [0.15, 0.2) is 60.7 Å². The van der Waals surface area contributed by atoms with E-state index in [9.17, 15) is 9.18 Å². The van der Waals surface area contributed by atoms with E-state index in [4.69, 9.17) is 4.98 Å². The van der Waals surface area contributed by atoms with E-state index < -0.39 is 5.54 Å². The lowest BCUT2D eigenvalue weighted by molar-refractivity contribution is 0.0607. The Hall–Kier alpha value is -3.47. The van der Waals surface area contributed by atoms with Crippen molar-refractivity contribution in [2.24, 2.45) is 0 Å². The Morgan fingerprint density at radius 3 is 2.66 bits per heavy atom. The van der Waals surface area contributed by atoms with E-state index in [1.807, 2.05) is 35.2 Å². The van der Waals surface area contributed by atoms with Crippen molar-refractivity contribution < 1.29 is 9.18 Å². The van der Waals surface area contributed by atoms with Gasteiger partial charge in [-0.3, -0.25) is 4.79 Å². The first kappa shape index (κ1) is 20.4. The SMILES string of the molecule is Cc1cc2nc([C@]3(C)CCCN3C(=O)c3ccccc3-c3cccc(F)c3)[nH]c2cc1C. The third-order valence-corrected chi connectivity index (χ3v) is 6.79. The molecular weight excluding hydrogens is 401 g/mol. The average Bonchev–Trinajstić information content (AvgIpc) is 3.38. The highest BCUT2D eigenvalue weighted by Crippen LogP contribution is 2.40. The number of hydrogen-bond donors (Lipinski definition) is 1. The minimum absolute atomic E-state index is 0.0577. The van der Waals surface area contributed by atoms with Crippen LogP contribution in [-0.4, -0.2) is 27.3 Å². The topological polar surface area (TPSA) is 49.0 Å². The fourth-order valence-electron chi connectivity index (χ4n) is 4.78. The van der Waals surface area contributed by atoms with Gasteiger partial charge in [-0.1, -0.05) is 30.3 Å². The molecule has 0 radical (unpaired) electrons. The fraction of sp³-hybridized carbons (Fsp3) is 0.259. The summed E-state index contributed by atoms with van der Waals surface area (Å²) in [6.45, 7) is 6.91. The quantitative estimate of drug-likeness (QED) is 0.427. The summed E-state index contributed by atoms with van der Waals surface area (Å²) in [4.78, 5) is 24.1. The highest BCUT2D eigenvalue weighted by molar-refractivity contribution is 6.01. The van der Waals surface area contributed by atoms with E-state index in [2.05, 4.69) is 37.9 Å². The van der Waals surface area contributed by atoms with Gasteiger partial charge in [0.15, 0.2) is 0 Å². The third kappa shape index (κ3) is 3.29. The van der Waals surface area contributed by atoms with Crippen LogP contribution in [0.4, 0.5) is 4.39 Å². The molecule has 0 unspecified atom stereocenters. The first-order valence-corrected chi connectivity index (χ1v) is 11.0. The van der Waals surface area contributed by atoms with E-state index >= 15 is 0 Å². The predicted octanol–water partition coefficient (Wildman–Crippen LogP) is 6.14. The molecule has 1 saturated heterocycles. The molecule has 2 heterocycles. The van der Waals surface area contributed by atoms with Crippen molar-refractivity contribution in [3.8, 4) is 11.1 Å². The van der Waals surface area contributed by atoms with Crippen LogP contribution in [0, 0.1) is 19.7 Å². The van der Waals surface area contributed by atoms with Gasteiger partial charge in [-0.25, -0.2) is 9.37 Å². The largest absolute Gasteiger partial charge is 0.340 e. The molecule has 32 heavy (non-hydrogen) atoms. The molecule has 5 rings (SSSR count). The molecule has 3 aromatic carbocycles. The van der Waals surface area contributed by atoms with E-state index in [1.165, 1.54) is 23.3 Å². The Morgan fingerprint density at radius 1 is 1.06 bits per heavy atom. The van der Waals surface area contributed by atoms with Crippen molar-refractivity contribution in [3.05, 3.63) is 89.0 Å². The molecule has 0 bridgehead atoms. The van der Waals surface area contributed by atoms with Gasteiger partial charge in [0.2, 0.25) is 0 Å². The van der Waals surface area contributed by atoms with Crippen LogP contribution in [0.3, 0.4) is 0 Å². The number of likely N-dealkylation sites (tertiary alicyclic amines) is 1. The smallest absolute Gasteiger partial charge is 0.255 e. The zero-order chi connectivity index (χ0) is 22.5. The first-order chi connectivity index (χ1) is 15.4. The van der Waals surface area contributed by atoms with Crippen LogP contribution in [0.1, 0.15) is 47.1 Å². The number of H-pyrrole nitrogens is 1. The zero-order valence-electron chi connectivity index (χ0n) is 18.6. The Labute approximate surface area is 187 Å². The van der Waals surface area contributed by atoms with Gasteiger partial charge in [0.05, 0.1) is 16.6 Å². The number of nitrogens with one attached hydrogen (secondary N) is 1. The lowest BCUT2D eigenvalue weighted by atomic mass is 9.95. The van der Waals surface area contributed by atoms with E-state index in [0.29, 0.717) is 17.7 Å². The van der Waals surface area contributed by atoms with E-state index in [0.717, 1.165) is 35.3 Å². The van der Waals surface area contributed by atoms with Gasteiger partial charge in [-0.15, -0.1) is 0 Å². The Balaban J connectivity index is 1.56. The van der Waals surface area contributed by atoms with Crippen LogP contribution in [0.2, 0.25) is 0 Å². The third-order valence-electron chi connectivity index (χ3n) is 6.79. The monoisotopic (exact) mass is 427 g/mol. The molecule has 0 aliphatic carbocycles. The van der Waals surface area contributed by atoms with Gasteiger partial charge in [-0.05, 0) is 86.2 Å². The summed E-state index contributed by atoms with van der Waals surface area (Å²) in [7, 11) is 0. The molecule has 4 aromatic rings. The summed E-state index contributed by atoms with van der Waals surface area (Å²) in [6, 6.07) is 18.0. The number of aromatic amines is 1. The molecule has 0 spiro atoms. The van der Waals surface area contributed by atoms with Crippen molar-refractivity contribution in [1.29, 1.82) is 0 Å². The molecule has 1 amide bonds. The van der Waals surface area contributed by atoms with E-state index in [-0.39, 0.29) is 11.7 Å². The van der Waals surface area contributed by atoms with Gasteiger partial charge >= 0.3 is 0 Å². The lowest BCUT2D eigenvalue weighted by Crippen LogP contribution is -2.43. The van der Waals surface area contributed by atoms with Crippen molar-refractivity contribution in [3.63, 3.8) is 0 Å². The molecule has 1 aliphatic rings. The number of fused-ring (bicyclic) bond motifs is 1. The molecule has 0 saturated carbocycles. The number of carbonyl (C=O) groups is 1. The number of amides is 1. The molecular formula is C27H26FN3O. The first-order valence-electron chi connectivity index (χ1n) is 11.0. The number of carbonyl (C=O) groups excluding carboxylic acids is 1. The minimum atomic E-state index is -0.535. The molecule has 1 atom stereocenters. The van der Waals surface area contributed by atoms with Gasteiger partial charge in [0, 0.05) is 12.1 Å². The Bertz CT molecular complexity index is 1300. The normalized spacial score (nSPS) is 18.4. The van der Waals surface area contributed by atoms with Crippen LogP contribution in [-0.2, 0) is 5.54 Å². The highest BCUT2D eigenvalue weighted by atomic mass is 19.1. The number of rotatable bonds is 3.